The standard InChI is InChI=1S/C26H27IO11/c1-9-19(30)24(35)18(27)25(37-9)38-13-7-26(36,14(29)8-28)6-12-15(13)23(34)17-16(22(12)33)20(31)10-4-2-3-5-11(10)21(17)32/h2-5,9,13-14,18-19,24-25,28-30,33-36H,6-8H2,1H3/t9?,13-,14?,18?,19?,24?,25?,26-/m1/s1. The molecule has 1 heterocycles. The van der Waals surface area contributed by atoms with E-state index in [0.717, 1.165) is 0 Å². The summed E-state index contributed by atoms with van der Waals surface area (Å²) in [6.07, 6.45) is -8.34. The molecule has 2 aromatic rings. The molecule has 0 aromatic heterocycles. The van der Waals surface area contributed by atoms with Gasteiger partial charge in [-0.25, -0.2) is 0 Å². The predicted octanol–water partition coefficient (Wildman–Crippen LogP) is 0.232. The molecule has 0 amide bonds. The maximum Gasteiger partial charge on any atom is 0.198 e. The Kier molecular flexibility index (Phi) is 7.05. The van der Waals surface area contributed by atoms with Crippen LogP contribution in [0.2, 0.25) is 0 Å². The van der Waals surface area contributed by atoms with Crippen molar-refractivity contribution >= 4 is 34.2 Å². The average molecular weight is 642 g/mol. The summed E-state index contributed by atoms with van der Waals surface area (Å²) < 4.78 is 11.0. The molecule has 6 unspecified atom stereocenters. The van der Waals surface area contributed by atoms with Crippen LogP contribution in [0.1, 0.15) is 62.4 Å². The molecule has 204 valence electrons. The lowest BCUT2D eigenvalue weighted by Gasteiger charge is -2.45. The van der Waals surface area contributed by atoms with Crippen LogP contribution >= 0.6 is 22.6 Å². The Hall–Kier alpha value is -2.17. The number of carbonyl (C=O) groups excluding carboxylic acids is 2. The normalized spacial score (nSPS) is 33.3. The van der Waals surface area contributed by atoms with Crippen molar-refractivity contribution in [1.29, 1.82) is 0 Å². The Bertz CT molecular complexity index is 1310. The first kappa shape index (κ1) is 27.4. The highest BCUT2D eigenvalue weighted by Crippen LogP contribution is 2.52. The van der Waals surface area contributed by atoms with E-state index in [4.69, 9.17) is 9.47 Å². The molecule has 1 aliphatic heterocycles. The Morgan fingerprint density at radius 1 is 1.08 bits per heavy atom. The van der Waals surface area contributed by atoms with Crippen LogP contribution in [-0.2, 0) is 15.9 Å². The smallest absolute Gasteiger partial charge is 0.198 e. The Labute approximate surface area is 230 Å². The SMILES string of the molecule is CC1OC(O[C@@H]2C[C@@](O)(C(O)CO)Cc3c(O)c4c(c(O)c32)C(=O)c2ccccc2C4=O)C(I)C(O)C1O. The number of alkyl halides is 1. The fourth-order valence-electron chi connectivity index (χ4n) is 5.51. The second kappa shape index (κ2) is 9.78. The molecule has 11 nitrogen and oxygen atoms in total. The van der Waals surface area contributed by atoms with Crippen LogP contribution in [0, 0.1) is 0 Å². The summed E-state index contributed by atoms with van der Waals surface area (Å²) in [5, 5.41) is 74.7. The van der Waals surface area contributed by atoms with Crippen molar-refractivity contribution < 1.29 is 54.8 Å². The van der Waals surface area contributed by atoms with Crippen molar-refractivity contribution in [3.63, 3.8) is 0 Å². The summed E-state index contributed by atoms with van der Waals surface area (Å²) in [6.45, 7) is 0.687. The van der Waals surface area contributed by atoms with Crippen LogP contribution in [0.15, 0.2) is 24.3 Å². The first-order chi connectivity index (χ1) is 17.9. The third-order valence-electron chi connectivity index (χ3n) is 7.66. The zero-order valence-corrected chi connectivity index (χ0v) is 22.3. The largest absolute Gasteiger partial charge is 0.507 e. The summed E-state index contributed by atoms with van der Waals surface area (Å²) in [5.74, 6) is -2.67. The van der Waals surface area contributed by atoms with E-state index in [1.807, 2.05) is 22.6 Å². The van der Waals surface area contributed by atoms with Gasteiger partial charge in [0.1, 0.15) is 23.7 Å². The number of halogens is 1. The van der Waals surface area contributed by atoms with Crippen molar-refractivity contribution in [3.05, 3.63) is 57.6 Å². The van der Waals surface area contributed by atoms with Crippen molar-refractivity contribution in [3.8, 4) is 11.5 Å². The molecule has 3 aliphatic rings. The zero-order valence-electron chi connectivity index (χ0n) is 20.1. The van der Waals surface area contributed by atoms with E-state index in [-0.39, 0.29) is 22.3 Å². The monoisotopic (exact) mass is 642 g/mol. The summed E-state index contributed by atoms with van der Waals surface area (Å²) in [6, 6.07) is 5.98. The van der Waals surface area contributed by atoms with Crippen LogP contribution in [0.5, 0.6) is 11.5 Å². The van der Waals surface area contributed by atoms with Crippen LogP contribution in [0.25, 0.3) is 0 Å². The number of rotatable bonds is 4. The van der Waals surface area contributed by atoms with Gasteiger partial charge in [0.2, 0.25) is 0 Å². The molecule has 0 saturated carbocycles. The van der Waals surface area contributed by atoms with Gasteiger partial charge in [-0.2, -0.15) is 0 Å². The number of aromatic hydroxyl groups is 2. The van der Waals surface area contributed by atoms with Crippen molar-refractivity contribution in [2.75, 3.05) is 6.61 Å². The Morgan fingerprint density at radius 2 is 1.66 bits per heavy atom. The lowest BCUT2D eigenvalue weighted by atomic mass is 9.71. The third kappa shape index (κ3) is 4.05. The highest BCUT2D eigenvalue weighted by molar-refractivity contribution is 14.1. The number of aliphatic hydroxyl groups excluding tert-OH is 4. The van der Waals surface area contributed by atoms with Crippen LogP contribution in [-0.4, -0.2) is 94.2 Å². The number of ether oxygens (including phenoxy) is 2. The number of phenolic OH excluding ortho intramolecular Hbond substituents is 2. The number of benzene rings is 2. The maximum atomic E-state index is 13.4. The van der Waals surface area contributed by atoms with Crippen LogP contribution in [0.3, 0.4) is 0 Å². The molecule has 7 N–H and O–H groups in total. The molecular weight excluding hydrogens is 615 g/mol. The second-order valence-electron chi connectivity index (χ2n) is 9.99. The quantitative estimate of drug-likeness (QED) is 0.117. The predicted molar refractivity (Wildman–Crippen MR) is 137 cm³/mol. The minimum atomic E-state index is -2.07. The third-order valence-corrected chi connectivity index (χ3v) is 8.99. The number of fused-ring (bicyclic) bond motifs is 3. The molecule has 1 saturated heterocycles. The van der Waals surface area contributed by atoms with Gasteiger partial charge in [0, 0.05) is 35.1 Å². The lowest BCUT2D eigenvalue weighted by molar-refractivity contribution is -0.262. The zero-order chi connectivity index (χ0) is 27.7. The molecule has 0 radical (unpaired) electrons. The molecule has 8 atom stereocenters. The highest BCUT2D eigenvalue weighted by atomic mass is 127. The maximum absolute atomic E-state index is 13.4. The van der Waals surface area contributed by atoms with Gasteiger partial charge < -0.3 is 45.2 Å². The van der Waals surface area contributed by atoms with Crippen molar-refractivity contribution in [2.45, 2.75) is 66.1 Å². The van der Waals surface area contributed by atoms with Gasteiger partial charge >= 0.3 is 0 Å². The summed E-state index contributed by atoms with van der Waals surface area (Å²) in [4.78, 5) is 26.7. The van der Waals surface area contributed by atoms with Gasteiger partial charge in [0.25, 0.3) is 0 Å². The minimum absolute atomic E-state index is 0.0406. The van der Waals surface area contributed by atoms with Gasteiger partial charge in [0.05, 0.1) is 45.6 Å². The van der Waals surface area contributed by atoms with Gasteiger partial charge in [-0.05, 0) is 6.92 Å². The number of hydrogen-bond acceptors (Lipinski definition) is 11. The van der Waals surface area contributed by atoms with Gasteiger partial charge in [-0.3, -0.25) is 9.59 Å². The van der Waals surface area contributed by atoms with E-state index in [9.17, 15) is 45.3 Å². The van der Waals surface area contributed by atoms with Crippen molar-refractivity contribution in [1.82, 2.24) is 0 Å². The number of aliphatic hydroxyl groups is 5. The van der Waals surface area contributed by atoms with Gasteiger partial charge in [0.15, 0.2) is 17.9 Å². The summed E-state index contributed by atoms with van der Waals surface area (Å²) in [7, 11) is 0. The topological polar surface area (TPSA) is 194 Å². The van der Waals surface area contributed by atoms with Crippen molar-refractivity contribution in [2.24, 2.45) is 0 Å². The molecule has 12 heteroatoms. The first-order valence-corrected chi connectivity index (χ1v) is 13.3. The minimum Gasteiger partial charge on any atom is -0.507 e. The second-order valence-corrected chi connectivity index (χ2v) is 11.4. The van der Waals surface area contributed by atoms with Gasteiger partial charge in [-0.15, -0.1) is 0 Å². The number of phenols is 2. The molecule has 2 aliphatic carbocycles. The van der Waals surface area contributed by atoms with E-state index >= 15 is 0 Å². The van der Waals surface area contributed by atoms with E-state index in [1.54, 1.807) is 12.1 Å². The molecule has 5 rings (SSSR count). The molecular formula is C26H27IO11. The van der Waals surface area contributed by atoms with Crippen LogP contribution in [0.4, 0.5) is 0 Å². The highest BCUT2D eigenvalue weighted by Gasteiger charge is 2.51. The Balaban J connectivity index is 1.67. The lowest BCUT2D eigenvalue weighted by Crippen LogP contribution is -2.56. The molecule has 38 heavy (non-hydrogen) atoms. The number of ketones is 2. The average Bonchev–Trinajstić information content (AvgIpc) is 2.90. The molecule has 0 bridgehead atoms. The van der Waals surface area contributed by atoms with Gasteiger partial charge in [-0.1, -0.05) is 46.9 Å². The fourth-order valence-corrected chi connectivity index (χ4v) is 6.28. The molecule has 0 spiro atoms. The molecule has 2 aromatic carbocycles. The Morgan fingerprint density at radius 3 is 2.24 bits per heavy atom. The van der Waals surface area contributed by atoms with Crippen LogP contribution < -0.4 is 0 Å². The fraction of sp³-hybridized carbons (Fsp3) is 0.462. The van der Waals surface area contributed by atoms with E-state index in [1.165, 1.54) is 19.1 Å². The van der Waals surface area contributed by atoms with E-state index in [2.05, 4.69) is 0 Å². The number of carbonyl (C=O) groups is 2. The van der Waals surface area contributed by atoms with E-state index < -0.39 is 100.0 Å². The number of hydrogen-bond donors (Lipinski definition) is 7. The first-order valence-electron chi connectivity index (χ1n) is 12.0. The summed E-state index contributed by atoms with van der Waals surface area (Å²) >= 11 is 1.83. The summed E-state index contributed by atoms with van der Waals surface area (Å²) in [5.41, 5.74) is -3.04. The molecule has 1 fully saturated rings. The van der Waals surface area contributed by atoms with E-state index in [0.29, 0.717) is 0 Å².